The maximum Gasteiger partial charge on any atom is 0.0925 e. The SMILES string of the molecule is Cc1[nH]cnc1CCCOCc1ccc(C(C)(C)C)cc1. The van der Waals surface area contributed by atoms with E-state index >= 15 is 0 Å². The molecule has 0 saturated carbocycles. The molecule has 114 valence electrons. The van der Waals surface area contributed by atoms with Crippen molar-refractivity contribution in [1.82, 2.24) is 9.97 Å². The predicted octanol–water partition coefficient (Wildman–Crippen LogP) is 4.17. The van der Waals surface area contributed by atoms with E-state index in [2.05, 4.69) is 61.9 Å². The van der Waals surface area contributed by atoms with Crippen LogP contribution in [0.15, 0.2) is 30.6 Å². The number of aryl methyl sites for hydroxylation is 2. The zero-order valence-corrected chi connectivity index (χ0v) is 13.6. The van der Waals surface area contributed by atoms with Gasteiger partial charge in [0.25, 0.3) is 0 Å². The van der Waals surface area contributed by atoms with Crippen LogP contribution in [0, 0.1) is 6.92 Å². The Morgan fingerprint density at radius 1 is 1.14 bits per heavy atom. The molecular formula is C18H26N2O. The summed E-state index contributed by atoms with van der Waals surface area (Å²) in [6, 6.07) is 8.73. The van der Waals surface area contributed by atoms with Crippen molar-refractivity contribution in [3.05, 3.63) is 53.1 Å². The first kappa shape index (κ1) is 15.8. The second-order valence-electron chi connectivity index (χ2n) is 6.58. The fourth-order valence-corrected chi connectivity index (χ4v) is 2.27. The predicted molar refractivity (Wildman–Crippen MR) is 86.4 cm³/mol. The molecule has 0 radical (unpaired) electrons. The molecule has 1 heterocycles. The first-order chi connectivity index (χ1) is 9.97. The maximum absolute atomic E-state index is 5.75. The molecule has 0 aliphatic heterocycles. The third-order valence-corrected chi connectivity index (χ3v) is 3.73. The van der Waals surface area contributed by atoms with E-state index in [1.54, 1.807) is 6.33 Å². The van der Waals surface area contributed by atoms with Crippen LogP contribution < -0.4 is 0 Å². The molecule has 1 aromatic carbocycles. The minimum Gasteiger partial charge on any atom is -0.377 e. The van der Waals surface area contributed by atoms with Crippen molar-refractivity contribution in [2.24, 2.45) is 0 Å². The van der Waals surface area contributed by atoms with Crippen LogP contribution in [-0.4, -0.2) is 16.6 Å². The van der Waals surface area contributed by atoms with Gasteiger partial charge in [0.2, 0.25) is 0 Å². The number of benzene rings is 1. The van der Waals surface area contributed by atoms with Crippen molar-refractivity contribution in [1.29, 1.82) is 0 Å². The highest BCUT2D eigenvalue weighted by Gasteiger charge is 2.12. The van der Waals surface area contributed by atoms with Crippen LogP contribution >= 0.6 is 0 Å². The van der Waals surface area contributed by atoms with Gasteiger partial charge >= 0.3 is 0 Å². The van der Waals surface area contributed by atoms with E-state index in [0.29, 0.717) is 6.61 Å². The largest absolute Gasteiger partial charge is 0.377 e. The molecule has 3 nitrogen and oxygen atoms in total. The molecule has 0 fully saturated rings. The Morgan fingerprint density at radius 2 is 1.86 bits per heavy atom. The summed E-state index contributed by atoms with van der Waals surface area (Å²) in [7, 11) is 0. The molecule has 21 heavy (non-hydrogen) atoms. The van der Waals surface area contributed by atoms with Gasteiger partial charge in [-0.05, 0) is 36.3 Å². The van der Waals surface area contributed by atoms with E-state index in [9.17, 15) is 0 Å². The van der Waals surface area contributed by atoms with Crippen LogP contribution in [-0.2, 0) is 23.2 Å². The van der Waals surface area contributed by atoms with Crippen molar-refractivity contribution < 1.29 is 4.74 Å². The number of ether oxygens (including phenoxy) is 1. The third kappa shape index (κ3) is 4.71. The molecule has 1 aromatic heterocycles. The van der Waals surface area contributed by atoms with Crippen molar-refractivity contribution in [2.75, 3.05) is 6.61 Å². The molecule has 0 amide bonds. The fraction of sp³-hybridized carbons (Fsp3) is 0.500. The second-order valence-corrected chi connectivity index (χ2v) is 6.58. The van der Waals surface area contributed by atoms with Gasteiger partial charge in [0.15, 0.2) is 0 Å². The average molecular weight is 286 g/mol. The van der Waals surface area contributed by atoms with Gasteiger partial charge < -0.3 is 9.72 Å². The van der Waals surface area contributed by atoms with Crippen LogP contribution in [0.2, 0.25) is 0 Å². The third-order valence-electron chi connectivity index (χ3n) is 3.73. The standard InChI is InChI=1S/C18H26N2O/c1-14-17(20-13-19-14)6-5-11-21-12-15-7-9-16(10-8-15)18(2,3)4/h7-10,13H,5-6,11-12H2,1-4H3,(H,19,20). The quantitative estimate of drug-likeness (QED) is 0.809. The number of rotatable bonds is 6. The normalized spacial score (nSPS) is 11.8. The zero-order chi connectivity index (χ0) is 15.3. The van der Waals surface area contributed by atoms with Crippen molar-refractivity contribution in [3.8, 4) is 0 Å². The van der Waals surface area contributed by atoms with Gasteiger partial charge in [0.05, 0.1) is 18.6 Å². The van der Waals surface area contributed by atoms with E-state index in [1.165, 1.54) is 11.1 Å². The number of H-pyrrole nitrogens is 1. The highest BCUT2D eigenvalue weighted by atomic mass is 16.5. The summed E-state index contributed by atoms with van der Waals surface area (Å²) >= 11 is 0. The fourth-order valence-electron chi connectivity index (χ4n) is 2.27. The van der Waals surface area contributed by atoms with Crippen LogP contribution in [0.25, 0.3) is 0 Å². The topological polar surface area (TPSA) is 37.9 Å². The van der Waals surface area contributed by atoms with E-state index in [0.717, 1.165) is 30.8 Å². The minimum atomic E-state index is 0.209. The van der Waals surface area contributed by atoms with Gasteiger partial charge in [0.1, 0.15) is 0 Å². The van der Waals surface area contributed by atoms with E-state index in [1.807, 2.05) is 0 Å². The van der Waals surface area contributed by atoms with Crippen LogP contribution in [0.1, 0.15) is 49.7 Å². The highest BCUT2D eigenvalue weighted by Crippen LogP contribution is 2.22. The Balaban J connectivity index is 1.70. The summed E-state index contributed by atoms with van der Waals surface area (Å²) in [5, 5.41) is 0. The molecule has 0 saturated heterocycles. The Labute approximate surface area is 127 Å². The molecule has 0 unspecified atom stereocenters. The number of imidazole rings is 1. The molecule has 0 atom stereocenters. The second kappa shape index (κ2) is 6.90. The number of nitrogens with one attached hydrogen (secondary N) is 1. The molecular weight excluding hydrogens is 260 g/mol. The summed E-state index contributed by atoms with van der Waals surface area (Å²) in [4.78, 5) is 7.39. The van der Waals surface area contributed by atoms with E-state index in [-0.39, 0.29) is 5.41 Å². The smallest absolute Gasteiger partial charge is 0.0925 e. The van der Waals surface area contributed by atoms with Crippen LogP contribution in [0.5, 0.6) is 0 Å². The van der Waals surface area contributed by atoms with Gasteiger partial charge in [-0.3, -0.25) is 0 Å². The van der Waals surface area contributed by atoms with Gasteiger partial charge in [0, 0.05) is 12.3 Å². The monoisotopic (exact) mass is 286 g/mol. The molecule has 2 rings (SSSR count). The summed E-state index contributed by atoms with van der Waals surface area (Å²) in [5.74, 6) is 0. The molecule has 3 heteroatoms. The first-order valence-corrected chi connectivity index (χ1v) is 7.63. The lowest BCUT2D eigenvalue weighted by Gasteiger charge is -2.19. The van der Waals surface area contributed by atoms with Gasteiger partial charge in [-0.15, -0.1) is 0 Å². The van der Waals surface area contributed by atoms with Gasteiger partial charge in [-0.2, -0.15) is 0 Å². The van der Waals surface area contributed by atoms with Crippen LogP contribution in [0.3, 0.4) is 0 Å². The number of aromatic nitrogens is 2. The molecule has 1 N–H and O–H groups in total. The Kier molecular flexibility index (Phi) is 5.18. The van der Waals surface area contributed by atoms with E-state index < -0.39 is 0 Å². The Morgan fingerprint density at radius 3 is 2.43 bits per heavy atom. The van der Waals surface area contributed by atoms with Crippen molar-refractivity contribution in [2.45, 2.75) is 52.6 Å². The highest BCUT2D eigenvalue weighted by molar-refractivity contribution is 5.27. The van der Waals surface area contributed by atoms with Gasteiger partial charge in [-0.1, -0.05) is 45.0 Å². The summed E-state index contributed by atoms with van der Waals surface area (Å²) in [6.45, 7) is 10.2. The number of nitrogens with zero attached hydrogens (tertiary/aromatic N) is 1. The molecule has 0 aliphatic carbocycles. The van der Waals surface area contributed by atoms with Gasteiger partial charge in [-0.25, -0.2) is 4.98 Å². The molecule has 0 aliphatic rings. The summed E-state index contributed by atoms with van der Waals surface area (Å²) in [5.41, 5.74) is 5.11. The number of aromatic amines is 1. The van der Waals surface area contributed by atoms with Crippen LogP contribution in [0.4, 0.5) is 0 Å². The lowest BCUT2D eigenvalue weighted by molar-refractivity contribution is 0.118. The first-order valence-electron chi connectivity index (χ1n) is 7.63. The van der Waals surface area contributed by atoms with Crippen molar-refractivity contribution >= 4 is 0 Å². The minimum absolute atomic E-state index is 0.209. The zero-order valence-electron chi connectivity index (χ0n) is 13.6. The average Bonchev–Trinajstić information content (AvgIpc) is 2.84. The molecule has 0 spiro atoms. The van der Waals surface area contributed by atoms with Crippen molar-refractivity contribution in [3.63, 3.8) is 0 Å². The Bertz CT molecular complexity index is 549. The summed E-state index contributed by atoms with van der Waals surface area (Å²) < 4.78 is 5.75. The molecule has 0 bridgehead atoms. The summed E-state index contributed by atoms with van der Waals surface area (Å²) in [6.07, 6.45) is 3.73. The maximum atomic E-state index is 5.75. The lowest BCUT2D eigenvalue weighted by Crippen LogP contribution is -2.10. The Hall–Kier alpha value is -1.61. The molecule has 2 aromatic rings. The van der Waals surface area contributed by atoms with E-state index in [4.69, 9.17) is 4.74 Å². The number of hydrogen-bond acceptors (Lipinski definition) is 2. The lowest BCUT2D eigenvalue weighted by atomic mass is 9.87. The number of hydrogen-bond donors (Lipinski definition) is 1.